The molecule has 1 aromatic heterocycles. The second-order valence-electron chi connectivity index (χ2n) is 6.54. The van der Waals surface area contributed by atoms with E-state index in [1.807, 2.05) is 0 Å². The number of nitrogens with one attached hydrogen (secondary N) is 1. The molecule has 1 heterocycles. The summed E-state index contributed by atoms with van der Waals surface area (Å²) in [6, 6.07) is 9.15. The first-order chi connectivity index (χ1) is 9.51. The van der Waals surface area contributed by atoms with Crippen LogP contribution in [0.25, 0.3) is 0 Å². The van der Waals surface area contributed by atoms with Gasteiger partial charge in [0.15, 0.2) is 5.82 Å². The van der Waals surface area contributed by atoms with E-state index in [4.69, 9.17) is 4.52 Å². The van der Waals surface area contributed by atoms with Crippen molar-refractivity contribution in [1.82, 2.24) is 10.1 Å². The third-order valence-corrected chi connectivity index (χ3v) is 3.64. The second kappa shape index (κ2) is 4.93. The van der Waals surface area contributed by atoms with Crippen LogP contribution in [0.3, 0.4) is 0 Å². The highest BCUT2D eigenvalue weighted by atomic mass is 16.5. The summed E-state index contributed by atoms with van der Waals surface area (Å²) in [5, 5.41) is 7.37. The highest BCUT2D eigenvalue weighted by Crippen LogP contribution is 2.31. The molecule has 0 radical (unpaired) electrons. The Hall–Kier alpha value is -1.84. The summed E-state index contributed by atoms with van der Waals surface area (Å²) in [6.45, 7) is 6.23. The van der Waals surface area contributed by atoms with E-state index in [-0.39, 0.29) is 5.54 Å². The number of rotatable bonds is 2. The third kappa shape index (κ3) is 2.84. The lowest BCUT2D eigenvalue weighted by atomic mass is 9.83. The molecule has 106 valence electrons. The number of aryl methyl sites for hydroxylation is 1. The fourth-order valence-corrected chi connectivity index (χ4v) is 2.69. The average molecular weight is 271 g/mol. The van der Waals surface area contributed by atoms with E-state index >= 15 is 0 Å². The van der Waals surface area contributed by atoms with E-state index in [9.17, 15) is 0 Å². The lowest BCUT2D eigenvalue weighted by Gasteiger charge is -2.22. The highest BCUT2D eigenvalue weighted by molar-refractivity contribution is 5.32. The molecule has 1 N–H and O–H groups in total. The molecule has 1 unspecified atom stereocenters. The largest absolute Gasteiger partial charge is 0.333 e. The Morgan fingerprint density at radius 1 is 1.20 bits per heavy atom. The molecule has 2 aromatic rings. The van der Waals surface area contributed by atoms with Crippen LogP contribution in [0.5, 0.6) is 0 Å². The van der Waals surface area contributed by atoms with E-state index < -0.39 is 0 Å². The summed E-state index contributed by atoms with van der Waals surface area (Å²) in [4.78, 5) is 4.50. The standard InChI is InChI=1S/C16H21N3O/c1-16(2,3)18-15-17-14(19-20-15)13-9-8-11-6-4-5-7-12(11)10-13/h4-7,13H,8-10H2,1-3H3,(H,17,18,19). The van der Waals surface area contributed by atoms with Gasteiger partial charge in [0.2, 0.25) is 0 Å². The number of benzene rings is 1. The fourth-order valence-electron chi connectivity index (χ4n) is 2.69. The maximum absolute atomic E-state index is 5.31. The summed E-state index contributed by atoms with van der Waals surface area (Å²) < 4.78 is 5.31. The van der Waals surface area contributed by atoms with Gasteiger partial charge in [0.05, 0.1) is 0 Å². The molecule has 4 heteroatoms. The van der Waals surface area contributed by atoms with Gasteiger partial charge in [-0.3, -0.25) is 0 Å². The van der Waals surface area contributed by atoms with Crippen LogP contribution in [0.4, 0.5) is 6.01 Å². The van der Waals surface area contributed by atoms with Crippen molar-refractivity contribution in [3.8, 4) is 0 Å². The Bertz CT molecular complexity index is 598. The lowest BCUT2D eigenvalue weighted by molar-refractivity contribution is 0.402. The average Bonchev–Trinajstić information content (AvgIpc) is 2.84. The molecule has 1 atom stereocenters. The van der Waals surface area contributed by atoms with Gasteiger partial charge in [0, 0.05) is 11.5 Å². The zero-order chi connectivity index (χ0) is 14.2. The van der Waals surface area contributed by atoms with Gasteiger partial charge in [-0.15, -0.1) is 0 Å². The zero-order valence-electron chi connectivity index (χ0n) is 12.3. The SMILES string of the molecule is CC(C)(C)Nc1nc(C2CCc3ccccc3C2)no1. The van der Waals surface area contributed by atoms with Crippen molar-refractivity contribution in [3.63, 3.8) is 0 Å². The Balaban J connectivity index is 1.75. The summed E-state index contributed by atoms with van der Waals surface area (Å²) >= 11 is 0. The first-order valence-electron chi connectivity index (χ1n) is 7.20. The molecule has 0 amide bonds. The third-order valence-electron chi connectivity index (χ3n) is 3.64. The van der Waals surface area contributed by atoms with Gasteiger partial charge in [-0.2, -0.15) is 4.98 Å². The van der Waals surface area contributed by atoms with Crippen LogP contribution in [0.15, 0.2) is 28.8 Å². The van der Waals surface area contributed by atoms with Crippen molar-refractivity contribution in [3.05, 3.63) is 41.2 Å². The second-order valence-corrected chi connectivity index (χ2v) is 6.54. The molecule has 1 aromatic carbocycles. The van der Waals surface area contributed by atoms with E-state index in [1.165, 1.54) is 11.1 Å². The maximum Gasteiger partial charge on any atom is 0.321 e. The topological polar surface area (TPSA) is 51.0 Å². The van der Waals surface area contributed by atoms with Crippen molar-refractivity contribution in [2.75, 3.05) is 5.32 Å². The van der Waals surface area contributed by atoms with E-state index in [2.05, 4.69) is 60.5 Å². The van der Waals surface area contributed by atoms with Gasteiger partial charge < -0.3 is 9.84 Å². The minimum Gasteiger partial charge on any atom is -0.333 e. The van der Waals surface area contributed by atoms with Crippen LogP contribution in [0, 0.1) is 0 Å². The Kier molecular flexibility index (Phi) is 3.24. The van der Waals surface area contributed by atoms with Crippen molar-refractivity contribution in [2.24, 2.45) is 0 Å². The Morgan fingerprint density at radius 3 is 2.70 bits per heavy atom. The van der Waals surface area contributed by atoms with Crippen molar-refractivity contribution in [2.45, 2.75) is 51.5 Å². The minimum atomic E-state index is -0.0665. The van der Waals surface area contributed by atoms with Gasteiger partial charge in [-0.25, -0.2) is 0 Å². The molecule has 0 spiro atoms. The molecule has 1 aliphatic rings. The number of fused-ring (bicyclic) bond motifs is 1. The number of anilines is 1. The molecule has 20 heavy (non-hydrogen) atoms. The zero-order valence-corrected chi connectivity index (χ0v) is 12.3. The van der Waals surface area contributed by atoms with Crippen LogP contribution < -0.4 is 5.32 Å². The number of aromatic nitrogens is 2. The molecule has 1 aliphatic carbocycles. The van der Waals surface area contributed by atoms with Crippen LogP contribution in [0.1, 0.15) is 50.1 Å². The van der Waals surface area contributed by atoms with E-state index in [1.54, 1.807) is 0 Å². The van der Waals surface area contributed by atoms with Gasteiger partial charge in [0.1, 0.15) is 0 Å². The summed E-state index contributed by atoms with van der Waals surface area (Å²) in [5.74, 6) is 1.19. The maximum atomic E-state index is 5.31. The number of hydrogen-bond donors (Lipinski definition) is 1. The van der Waals surface area contributed by atoms with Gasteiger partial charge in [0.25, 0.3) is 0 Å². The van der Waals surface area contributed by atoms with Crippen LogP contribution >= 0.6 is 0 Å². The van der Waals surface area contributed by atoms with Crippen molar-refractivity contribution < 1.29 is 4.52 Å². The van der Waals surface area contributed by atoms with Gasteiger partial charge >= 0.3 is 6.01 Å². The van der Waals surface area contributed by atoms with Crippen molar-refractivity contribution >= 4 is 6.01 Å². The predicted octanol–water partition coefficient (Wildman–Crippen LogP) is 3.55. The van der Waals surface area contributed by atoms with Crippen LogP contribution in [0.2, 0.25) is 0 Å². The molecule has 4 nitrogen and oxygen atoms in total. The molecule has 0 fully saturated rings. The lowest BCUT2D eigenvalue weighted by Crippen LogP contribution is -2.26. The monoisotopic (exact) mass is 271 g/mol. The molecule has 0 saturated carbocycles. The van der Waals surface area contributed by atoms with E-state index in [0.29, 0.717) is 11.9 Å². The van der Waals surface area contributed by atoms with Crippen LogP contribution in [-0.2, 0) is 12.8 Å². The smallest absolute Gasteiger partial charge is 0.321 e. The van der Waals surface area contributed by atoms with Crippen LogP contribution in [-0.4, -0.2) is 15.7 Å². The normalized spacial score (nSPS) is 18.6. The molecule has 0 bridgehead atoms. The Labute approximate surface area is 119 Å². The Morgan fingerprint density at radius 2 is 1.95 bits per heavy atom. The molecule has 3 rings (SSSR count). The van der Waals surface area contributed by atoms with Gasteiger partial charge in [-0.05, 0) is 51.2 Å². The first-order valence-corrected chi connectivity index (χ1v) is 7.20. The van der Waals surface area contributed by atoms with Gasteiger partial charge in [-0.1, -0.05) is 29.4 Å². The highest BCUT2D eigenvalue weighted by Gasteiger charge is 2.24. The number of nitrogens with zero attached hydrogens (tertiary/aromatic N) is 2. The summed E-state index contributed by atoms with van der Waals surface area (Å²) in [7, 11) is 0. The molecule has 0 saturated heterocycles. The molecular weight excluding hydrogens is 250 g/mol. The quantitative estimate of drug-likeness (QED) is 0.907. The summed E-state index contributed by atoms with van der Waals surface area (Å²) in [6.07, 6.45) is 3.19. The fraction of sp³-hybridized carbons (Fsp3) is 0.500. The van der Waals surface area contributed by atoms with E-state index in [0.717, 1.165) is 25.1 Å². The molecular formula is C16H21N3O. The van der Waals surface area contributed by atoms with Crippen molar-refractivity contribution in [1.29, 1.82) is 0 Å². The first kappa shape index (κ1) is 13.2. The molecule has 0 aliphatic heterocycles. The predicted molar refractivity (Wildman–Crippen MR) is 78.9 cm³/mol. The summed E-state index contributed by atoms with van der Waals surface area (Å²) in [5.41, 5.74) is 2.81. The minimum absolute atomic E-state index is 0.0665. The number of hydrogen-bond acceptors (Lipinski definition) is 4.